The van der Waals surface area contributed by atoms with Crippen LogP contribution in [0.3, 0.4) is 0 Å². The predicted octanol–water partition coefficient (Wildman–Crippen LogP) is 3.17. The van der Waals surface area contributed by atoms with Crippen LogP contribution in [-0.4, -0.2) is 60.4 Å². The maximum absolute atomic E-state index is 13.0. The Morgan fingerprint density at radius 1 is 0.824 bits per heavy atom. The molecule has 0 unspecified atom stereocenters. The van der Waals surface area contributed by atoms with Crippen LogP contribution in [0, 0.1) is 0 Å². The Balaban J connectivity index is 1.19. The number of fused-ring (bicyclic) bond motifs is 1. The third kappa shape index (κ3) is 4.73. The standard InChI is InChI=1S/C27H28N4O3/c32-25-11-13-29(15-16-30(25)19-21-5-8-22-3-1-2-4-23(22)17-21)26(33)18-20-6-9-24(10-7-20)31-14-12-28-27(31)34/h1-10,17H,11-16,18-19H2,(H,28,34). The van der Waals surface area contributed by atoms with Gasteiger partial charge in [-0.1, -0.05) is 48.5 Å². The van der Waals surface area contributed by atoms with Crippen molar-refractivity contribution in [1.29, 1.82) is 0 Å². The fourth-order valence-corrected chi connectivity index (χ4v) is 4.64. The molecule has 4 amide bonds. The van der Waals surface area contributed by atoms with Crippen molar-refractivity contribution in [3.63, 3.8) is 0 Å². The maximum atomic E-state index is 13.0. The number of nitrogens with one attached hydrogen (secondary N) is 1. The van der Waals surface area contributed by atoms with E-state index in [1.54, 1.807) is 9.80 Å². The van der Waals surface area contributed by atoms with E-state index in [2.05, 4.69) is 35.6 Å². The second-order valence-electron chi connectivity index (χ2n) is 8.85. The van der Waals surface area contributed by atoms with Crippen molar-refractivity contribution in [1.82, 2.24) is 15.1 Å². The first-order valence-electron chi connectivity index (χ1n) is 11.7. The Morgan fingerprint density at radius 3 is 2.35 bits per heavy atom. The Bertz CT molecular complexity index is 1220. The number of nitrogens with zero attached hydrogens (tertiary/aromatic N) is 3. The van der Waals surface area contributed by atoms with Crippen molar-refractivity contribution in [2.75, 3.05) is 37.6 Å². The van der Waals surface area contributed by atoms with Crippen molar-refractivity contribution in [3.8, 4) is 0 Å². The molecule has 2 aliphatic rings. The summed E-state index contributed by atoms with van der Waals surface area (Å²) in [5.41, 5.74) is 2.83. The van der Waals surface area contributed by atoms with E-state index < -0.39 is 0 Å². The highest BCUT2D eigenvalue weighted by Crippen LogP contribution is 2.20. The lowest BCUT2D eigenvalue weighted by Gasteiger charge is -2.23. The molecule has 34 heavy (non-hydrogen) atoms. The quantitative estimate of drug-likeness (QED) is 0.641. The number of hydrogen-bond acceptors (Lipinski definition) is 3. The van der Waals surface area contributed by atoms with Gasteiger partial charge in [-0.2, -0.15) is 0 Å². The van der Waals surface area contributed by atoms with E-state index in [-0.39, 0.29) is 24.3 Å². The second-order valence-corrected chi connectivity index (χ2v) is 8.85. The zero-order valence-electron chi connectivity index (χ0n) is 19.1. The average molecular weight is 457 g/mol. The number of carbonyl (C=O) groups excluding carboxylic acids is 3. The van der Waals surface area contributed by atoms with Crippen molar-refractivity contribution >= 4 is 34.3 Å². The molecule has 0 radical (unpaired) electrons. The smallest absolute Gasteiger partial charge is 0.321 e. The highest BCUT2D eigenvalue weighted by atomic mass is 16.2. The monoisotopic (exact) mass is 456 g/mol. The molecular weight excluding hydrogens is 428 g/mol. The first kappa shape index (κ1) is 21.9. The molecule has 7 heteroatoms. The lowest BCUT2D eigenvalue weighted by molar-refractivity contribution is -0.130. The van der Waals surface area contributed by atoms with Gasteiger partial charge in [0, 0.05) is 51.4 Å². The van der Waals surface area contributed by atoms with Gasteiger partial charge < -0.3 is 15.1 Å². The molecule has 3 aromatic rings. The number of rotatable bonds is 5. The molecule has 2 saturated heterocycles. The van der Waals surface area contributed by atoms with Crippen LogP contribution in [0.25, 0.3) is 10.8 Å². The predicted molar refractivity (Wildman–Crippen MR) is 131 cm³/mol. The van der Waals surface area contributed by atoms with E-state index in [1.165, 1.54) is 5.39 Å². The zero-order chi connectivity index (χ0) is 23.5. The molecule has 5 rings (SSSR count). The normalized spacial score (nSPS) is 16.6. The van der Waals surface area contributed by atoms with Crippen LogP contribution >= 0.6 is 0 Å². The average Bonchev–Trinajstić information content (AvgIpc) is 3.20. The van der Waals surface area contributed by atoms with Gasteiger partial charge in [-0.25, -0.2) is 4.79 Å². The SMILES string of the molecule is O=C(Cc1ccc(N2CCNC2=O)cc1)N1CCC(=O)N(Cc2ccc3ccccc3c2)CC1. The van der Waals surface area contributed by atoms with Crippen molar-refractivity contribution in [2.24, 2.45) is 0 Å². The Morgan fingerprint density at radius 2 is 1.59 bits per heavy atom. The van der Waals surface area contributed by atoms with Crippen LogP contribution in [0.5, 0.6) is 0 Å². The van der Waals surface area contributed by atoms with E-state index in [4.69, 9.17) is 0 Å². The molecule has 3 aromatic carbocycles. The minimum absolute atomic E-state index is 0.0204. The number of benzene rings is 3. The fourth-order valence-electron chi connectivity index (χ4n) is 4.64. The third-order valence-corrected chi connectivity index (χ3v) is 6.59. The van der Waals surface area contributed by atoms with Gasteiger partial charge in [0.1, 0.15) is 0 Å². The second kappa shape index (κ2) is 9.55. The number of carbonyl (C=O) groups is 3. The van der Waals surface area contributed by atoms with E-state index in [1.807, 2.05) is 41.3 Å². The Kier molecular flexibility index (Phi) is 6.16. The third-order valence-electron chi connectivity index (χ3n) is 6.59. The summed E-state index contributed by atoms with van der Waals surface area (Å²) >= 11 is 0. The molecule has 2 aliphatic heterocycles. The van der Waals surface area contributed by atoms with Gasteiger partial charge in [0.05, 0.1) is 6.42 Å². The summed E-state index contributed by atoms with van der Waals surface area (Å²) in [6.45, 7) is 3.35. The molecule has 1 N–H and O–H groups in total. The first-order valence-corrected chi connectivity index (χ1v) is 11.7. The fraction of sp³-hybridized carbons (Fsp3) is 0.296. The summed E-state index contributed by atoms with van der Waals surface area (Å²) in [5.74, 6) is 0.101. The molecular formula is C27H28N4O3. The van der Waals surface area contributed by atoms with E-state index in [0.717, 1.165) is 22.2 Å². The van der Waals surface area contributed by atoms with Gasteiger partial charge >= 0.3 is 6.03 Å². The number of anilines is 1. The topological polar surface area (TPSA) is 73.0 Å². The highest BCUT2D eigenvalue weighted by molar-refractivity contribution is 5.94. The molecule has 0 bridgehead atoms. The summed E-state index contributed by atoms with van der Waals surface area (Å²) in [6.07, 6.45) is 0.619. The number of urea groups is 1. The number of hydrogen-bond donors (Lipinski definition) is 1. The molecule has 0 saturated carbocycles. The van der Waals surface area contributed by atoms with Gasteiger partial charge in [0.25, 0.3) is 0 Å². The number of amides is 4. The largest absolute Gasteiger partial charge is 0.340 e. The minimum atomic E-state index is -0.0914. The molecule has 2 fully saturated rings. The first-order chi connectivity index (χ1) is 16.6. The molecule has 0 atom stereocenters. The van der Waals surface area contributed by atoms with Crippen LogP contribution < -0.4 is 10.2 Å². The lowest BCUT2D eigenvalue weighted by Crippen LogP contribution is -2.36. The molecule has 2 heterocycles. The molecule has 174 valence electrons. The zero-order valence-corrected chi connectivity index (χ0v) is 19.1. The van der Waals surface area contributed by atoms with Gasteiger partial charge in [-0.05, 0) is 40.1 Å². The van der Waals surface area contributed by atoms with Crippen molar-refractivity contribution in [2.45, 2.75) is 19.4 Å². The van der Waals surface area contributed by atoms with E-state index in [0.29, 0.717) is 45.7 Å². The van der Waals surface area contributed by atoms with Crippen LogP contribution in [0.4, 0.5) is 10.5 Å². The Labute approximate surface area is 198 Å². The molecule has 0 aromatic heterocycles. The van der Waals surface area contributed by atoms with Crippen LogP contribution in [0.15, 0.2) is 66.7 Å². The van der Waals surface area contributed by atoms with Gasteiger partial charge in [0.15, 0.2) is 0 Å². The van der Waals surface area contributed by atoms with E-state index >= 15 is 0 Å². The molecule has 7 nitrogen and oxygen atoms in total. The minimum Gasteiger partial charge on any atom is -0.340 e. The summed E-state index contributed by atoms with van der Waals surface area (Å²) in [4.78, 5) is 42.9. The summed E-state index contributed by atoms with van der Waals surface area (Å²) < 4.78 is 0. The highest BCUT2D eigenvalue weighted by Gasteiger charge is 2.24. The van der Waals surface area contributed by atoms with Crippen LogP contribution in [-0.2, 0) is 22.6 Å². The van der Waals surface area contributed by atoms with Gasteiger partial charge in [-0.3, -0.25) is 14.5 Å². The lowest BCUT2D eigenvalue weighted by atomic mass is 10.1. The summed E-state index contributed by atoms with van der Waals surface area (Å²) in [7, 11) is 0. The van der Waals surface area contributed by atoms with Crippen molar-refractivity contribution < 1.29 is 14.4 Å². The van der Waals surface area contributed by atoms with Gasteiger partial charge in [0.2, 0.25) is 11.8 Å². The summed E-state index contributed by atoms with van der Waals surface area (Å²) in [6, 6.07) is 21.9. The van der Waals surface area contributed by atoms with Gasteiger partial charge in [-0.15, -0.1) is 0 Å². The Hall–Kier alpha value is -3.87. The van der Waals surface area contributed by atoms with Crippen LogP contribution in [0.1, 0.15) is 17.5 Å². The van der Waals surface area contributed by atoms with Crippen LogP contribution in [0.2, 0.25) is 0 Å². The van der Waals surface area contributed by atoms with E-state index in [9.17, 15) is 14.4 Å². The molecule has 0 spiro atoms. The van der Waals surface area contributed by atoms with Crippen molar-refractivity contribution in [3.05, 3.63) is 77.9 Å². The molecule has 0 aliphatic carbocycles. The summed E-state index contributed by atoms with van der Waals surface area (Å²) in [5, 5.41) is 5.13. The maximum Gasteiger partial charge on any atom is 0.321 e.